The predicted octanol–water partition coefficient (Wildman–Crippen LogP) is 2.00. The van der Waals surface area contributed by atoms with E-state index in [1.807, 2.05) is 39.8 Å². The molecule has 0 bridgehead atoms. The highest BCUT2D eigenvalue weighted by molar-refractivity contribution is 5.97. The topological polar surface area (TPSA) is 58.6 Å². The number of carbonyl (C=O) groups excluding carboxylic acids is 2. The fraction of sp³-hybridized carbons (Fsp3) is 0.556. The second-order valence-corrected chi connectivity index (χ2v) is 6.53. The minimum absolute atomic E-state index is 0.0232. The summed E-state index contributed by atoms with van der Waals surface area (Å²) in [6, 6.07) is 6.83. The molecule has 0 aromatic heterocycles. The monoisotopic (exact) mass is 318 g/mol. The van der Waals surface area contributed by atoms with E-state index < -0.39 is 6.04 Å². The molecule has 0 spiro atoms. The van der Waals surface area contributed by atoms with Gasteiger partial charge in [0.15, 0.2) is 0 Å². The van der Waals surface area contributed by atoms with Gasteiger partial charge in [-0.2, -0.15) is 0 Å². The van der Waals surface area contributed by atoms with Crippen LogP contribution in [0.15, 0.2) is 24.3 Å². The van der Waals surface area contributed by atoms with Crippen molar-refractivity contribution in [3.63, 3.8) is 0 Å². The molecule has 0 radical (unpaired) electrons. The van der Waals surface area contributed by atoms with Crippen molar-refractivity contribution >= 4 is 11.8 Å². The molecule has 0 aliphatic carbocycles. The maximum absolute atomic E-state index is 12.8. The van der Waals surface area contributed by atoms with Crippen molar-refractivity contribution in [2.24, 2.45) is 5.92 Å². The summed E-state index contributed by atoms with van der Waals surface area (Å²) in [6.07, 6.45) is 0.0355. The van der Waals surface area contributed by atoms with Gasteiger partial charge in [0.05, 0.1) is 12.7 Å². The van der Waals surface area contributed by atoms with Gasteiger partial charge in [0, 0.05) is 18.7 Å². The molecule has 126 valence electrons. The average Bonchev–Trinajstić information content (AvgIpc) is 2.52. The molecule has 1 aliphatic heterocycles. The van der Waals surface area contributed by atoms with Gasteiger partial charge in [0.25, 0.3) is 5.91 Å². The Balaban J connectivity index is 2.07. The number of nitrogens with one attached hydrogen (secondary N) is 1. The number of morpholine rings is 1. The molecule has 1 unspecified atom stereocenters. The van der Waals surface area contributed by atoms with Crippen molar-refractivity contribution in [3.8, 4) is 0 Å². The number of hydrogen-bond donors (Lipinski definition) is 1. The van der Waals surface area contributed by atoms with Crippen LogP contribution < -0.4 is 5.32 Å². The van der Waals surface area contributed by atoms with Gasteiger partial charge in [-0.05, 0) is 31.9 Å². The normalized spacial score (nSPS) is 19.5. The van der Waals surface area contributed by atoms with Crippen LogP contribution in [0.5, 0.6) is 0 Å². The van der Waals surface area contributed by atoms with Crippen molar-refractivity contribution < 1.29 is 14.3 Å². The first kappa shape index (κ1) is 17.5. The lowest BCUT2D eigenvalue weighted by molar-refractivity contribution is -0.141. The second kappa shape index (κ2) is 7.59. The van der Waals surface area contributed by atoms with E-state index in [0.29, 0.717) is 25.3 Å². The molecule has 1 saturated heterocycles. The number of benzene rings is 1. The van der Waals surface area contributed by atoms with E-state index in [1.165, 1.54) is 0 Å². The molecule has 1 fully saturated rings. The maximum atomic E-state index is 12.8. The van der Waals surface area contributed by atoms with E-state index in [1.54, 1.807) is 17.0 Å². The van der Waals surface area contributed by atoms with Gasteiger partial charge in [0.1, 0.15) is 6.04 Å². The Hall–Kier alpha value is -1.88. The van der Waals surface area contributed by atoms with E-state index in [-0.39, 0.29) is 23.8 Å². The van der Waals surface area contributed by atoms with Gasteiger partial charge in [-0.15, -0.1) is 0 Å². The van der Waals surface area contributed by atoms with Crippen LogP contribution in [-0.2, 0) is 9.53 Å². The summed E-state index contributed by atoms with van der Waals surface area (Å²) in [5.74, 6) is -0.219. The molecule has 2 amide bonds. The van der Waals surface area contributed by atoms with Gasteiger partial charge in [-0.25, -0.2) is 0 Å². The Morgan fingerprint density at radius 3 is 2.48 bits per heavy atom. The van der Waals surface area contributed by atoms with Gasteiger partial charge < -0.3 is 15.0 Å². The highest BCUT2D eigenvalue weighted by Crippen LogP contribution is 2.12. The van der Waals surface area contributed by atoms with E-state index >= 15 is 0 Å². The number of rotatable bonds is 4. The molecular weight excluding hydrogens is 292 g/mol. The lowest BCUT2D eigenvalue weighted by Gasteiger charge is -2.35. The number of hydrogen-bond acceptors (Lipinski definition) is 3. The van der Waals surface area contributed by atoms with Crippen molar-refractivity contribution in [1.82, 2.24) is 10.2 Å². The molecule has 5 heteroatoms. The summed E-state index contributed by atoms with van der Waals surface area (Å²) < 4.78 is 5.48. The fourth-order valence-corrected chi connectivity index (χ4v) is 2.66. The number of nitrogens with zero attached hydrogens (tertiary/aromatic N) is 1. The fourth-order valence-electron chi connectivity index (χ4n) is 2.66. The van der Waals surface area contributed by atoms with Crippen LogP contribution in [0.1, 0.15) is 36.7 Å². The lowest BCUT2D eigenvalue weighted by atomic mass is 10.0. The number of aryl methyl sites for hydroxylation is 1. The number of ether oxygens (including phenoxy) is 1. The molecule has 2 rings (SSSR count). The third-order valence-electron chi connectivity index (χ3n) is 4.09. The number of carbonyl (C=O) groups is 2. The Morgan fingerprint density at radius 2 is 1.91 bits per heavy atom. The van der Waals surface area contributed by atoms with Crippen LogP contribution >= 0.6 is 0 Å². The lowest BCUT2D eigenvalue weighted by Crippen LogP contribution is -2.55. The first-order valence-electron chi connectivity index (χ1n) is 8.16. The van der Waals surface area contributed by atoms with Crippen molar-refractivity contribution in [3.05, 3.63) is 35.4 Å². The second-order valence-electron chi connectivity index (χ2n) is 6.53. The van der Waals surface area contributed by atoms with Crippen LogP contribution in [0.4, 0.5) is 0 Å². The summed E-state index contributed by atoms with van der Waals surface area (Å²) in [5, 5.41) is 2.89. The molecule has 0 saturated carbocycles. The zero-order valence-electron chi connectivity index (χ0n) is 14.3. The summed E-state index contributed by atoms with van der Waals surface area (Å²) in [4.78, 5) is 27.0. The quantitative estimate of drug-likeness (QED) is 0.924. The molecule has 5 nitrogen and oxygen atoms in total. The van der Waals surface area contributed by atoms with Gasteiger partial charge in [-0.1, -0.05) is 31.5 Å². The molecule has 1 aromatic rings. The van der Waals surface area contributed by atoms with E-state index in [0.717, 1.165) is 5.56 Å². The standard InChI is InChI=1S/C18H26N2O3/c1-12(2)16(18(22)20-9-10-23-14(4)11-20)19-17(21)15-7-5-13(3)6-8-15/h5-8,12,14,16H,9-11H2,1-4H3,(H,19,21)/t14?,16-/m0/s1. The van der Waals surface area contributed by atoms with Crippen LogP contribution in [0.25, 0.3) is 0 Å². The van der Waals surface area contributed by atoms with Crippen molar-refractivity contribution in [2.75, 3.05) is 19.7 Å². The molecule has 23 heavy (non-hydrogen) atoms. The van der Waals surface area contributed by atoms with E-state index in [4.69, 9.17) is 4.74 Å². The van der Waals surface area contributed by atoms with E-state index in [9.17, 15) is 9.59 Å². The molecule has 1 aromatic carbocycles. The largest absolute Gasteiger partial charge is 0.375 e. The molecule has 2 atom stereocenters. The van der Waals surface area contributed by atoms with Crippen LogP contribution in [0.2, 0.25) is 0 Å². The summed E-state index contributed by atoms with van der Waals surface area (Å²) in [6.45, 7) is 9.51. The van der Waals surface area contributed by atoms with Gasteiger partial charge in [-0.3, -0.25) is 9.59 Å². The molecule has 1 N–H and O–H groups in total. The third-order valence-corrected chi connectivity index (χ3v) is 4.09. The first-order valence-corrected chi connectivity index (χ1v) is 8.16. The van der Waals surface area contributed by atoms with Crippen LogP contribution in [0, 0.1) is 12.8 Å². The Morgan fingerprint density at radius 1 is 1.26 bits per heavy atom. The Kier molecular flexibility index (Phi) is 5.77. The summed E-state index contributed by atoms with van der Waals surface area (Å²) in [5.41, 5.74) is 1.67. The molecule has 1 heterocycles. The van der Waals surface area contributed by atoms with Crippen LogP contribution in [0.3, 0.4) is 0 Å². The Bertz CT molecular complexity index is 554. The van der Waals surface area contributed by atoms with Gasteiger partial charge in [0.2, 0.25) is 5.91 Å². The first-order chi connectivity index (χ1) is 10.9. The molecule has 1 aliphatic rings. The molecular formula is C18H26N2O3. The SMILES string of the molecule is Cc1ccc(C(=O)N[C@H](C(=O)N2CCOC(C)C2)C(C)C)cc1. The van der Waals surface area contributed by atoms with Gasteiger partial charge >= 0.3 is 0 Å². The maximum Gasteiger partial charge on any atom is 0.251 e. The minimum Gasteiger partial charge on any atom is -0.375 e. The summed E-state index contributed by atoms with van der Waals surface area (Å²) >= 11 is 0. The zero-order valence-corrected chi connectivity index (χ0v) is 14.3. The van der Waals surface area contributed by atoms with Crippen molar-refractivity contribution in [1.29, 1.82) is 0 Å². The zero-order chi connectivity index (χ0) is 17.0. The third kappa shape index (κ3) is 4.55. The minimum atomic E-state index is -0.519. The average molecular weight is 318 g/mol. The van der Waals surface area contributed by atoms with Crippen LogP contribution in [-0.4, -0.2) is 48.6 Å². The highest BCUT2D eigenvalue weighted by atomic mass is 16.5. The summed E-state index contributed by atoms with van der Waals surface area (Å²) in [7, 11) is 0. The highest BCUT2D eigenvalue weighted by Gasteiger charge is 2.31. The predicted molar refractivity (Wildman–Crippen MR) is 89.3 cm³/mol. The smallest absolute Gasteiger partial charge is 0.251 e. The Labute approximate surface area is 138 Å². The van der Waals surface area contributed by atoms with E-state index in [2.05, 4.69) is 5.32 Å². The number of amides is 2. The van der Waals surface area contributed by atoms with Crippen molar-refractivity contribution in [2.45, 2.75) is 39.8 Å².